The smallest absolute Gasteiger partial charge is 0.261 e. The molecule has 1 aliphatic heterocycles. The summed E-state index contributed by atoms with van der Waals surface area (Å²) in [6.07, 6.45) is 0.507. The van der Waals surface area contributed by atoms with Gasteiger partial charge in [0.2, 0.25) is 0 Å². The number of rotatable bonds is 4. The van der Waals surface area contributed by atoms with Gasteiger partial charge in [0.25, 0.3) is 11.8 Å². The maximum atomic E-state index is 12.3. The third-order valence-electron chi connectivity index (χ3n) is 3.74. The summed E-state index contributed by atoms with van der Waals surface area (Å²) in [5.74, 6) is -0.564. The number of benzene rings is 2. The minimum Gasteiger partial charge on any atom is -0.326 e. The Labute approximate surface area is 133 Å². The van der Waals surface area contributed by atoms with E-state index in [0.29, 0.717) is 22.6 Å². The summed E-state index contributed by atoms with van der Waals surface area (Å²) in [6, 6.07) is 13.9. The van der Waals surface area contributed by atoms with E-state index < -0.39 is 0 Å². The van der Waals surface area contributed by atoms with Gasteiger partial charge >= 0.3 is 0 Å². The second-order valence-corrected chi connectivity index (χ2v) is 5.73. The van der Waals surface area contributed by atoms with Crippen LogP contribution in [0.4, 0.5) is 0 Å². The fraction of sp³-hybridized carbons (Fsp3) is 0.176. The van der Waals surface area contributed by atoms with Crippen molar-refractivity contribution in [3.63, 3.8) is 0 Å². The highest BCUT2D eigenvalue weighted by Gasteiger charge is 2.35. The van der Waals surface area contributed by atoms with Crippen molar-refractivity contribution in [2.45, 2.75) is 12.5 Å². The molecule has 0 unspecified atom stereocenters. The molecule has 112 valence electrons. The topological polar surface area (TPSA) is 63.4 Å². The molecule has 2 aromatic carbocycles. The number of halogens is 1. The van der Waals surface area contributed by atoms with Gasteiger partial charge in [0.05, 0.1) is 11.1 Å². The molecule has 5 heteroatoms. The van der Waals surface area contributed by atoms with Crippen molar-refractivity contribution in [2.75, 3.05) is 6.54 Å². The number of fused-ring (bicyclic) bond motifs is 1. The number of nitrogens with zero attached hydrogens (tertiary/aromatic N) is 1. The number of carbonyl (C=O) groups excluding carboxylic acids is 2. The summed E-state index contributed by atoms with van der Waals surface area (Å²) in [7, 11) is 0. The van der Waals surface area contributed by atoms with Gasteiger partial charge in [-0.3, -0.25) is 14.5 Å². The van der Waals surface area contributed by atoms with Gasteiger partial charge in [0.1, 0.15) is 0 Å². The van der Waals surface area contributed by atoms with Crippen LogP contribution in [-0.2, 0) is 6.42 Å². The van der Waals surface area contributed by atoms with Crippen LogP contribution in [0, 0.1) is 0 Å². The quantitative estimate of drug-likeness (QED) is 0.882. The Kier molecular flexibility index (Phi) is 3.96. The van der Waals surface area contributed by atoms with Crippen LogP contribution in [0.25, 0.3) is 0 Å². The van der Waals surface area contributed by atoms with E-state index in [2.05, 4.69) is 0 Å². The first-order valence-electron chi connectivity index (χ1n) is 7.02. The second-order valence-electron chi connectivity index (χ2n) is 5.32. The summed E-state index contributed by atoms with van der Waals surface area (Å²) in [5.41, 5.74) is 7.90. The predicted molar refractivity (Wildman–Crippen MR) is 84.9 cm³/mol. The third kappa shape index (κ3) is 2.63. The lowest BCUT2D eigenvalue weighted by Crippen LogP contribution is -2.41. The third-order valence-corrected chi connectivity index (χ3v) is 4.10. The number of imide groups is 1. The lowest BCUT2D eigenvalue weighted by atomic mass is 10.1. The van der Waals surface area contributed by atoms with Crippen molar-refractivity contribution in [1.29, 1.82) is 0 Å². The number of nitrogens with two attached hydrogens (primary N) is 1. The molecule has 1 aliphatic rings. The molecule has 2 amide bonds. The number of carbonyl (C=O) groups is 2. The first-order valence-corrected chi connectivity index (χ1v) is 7.40. The highest BCUT2D eigenvalue weighted by molar-refractivity contribution is 6.31. The van der Waals surface area contributed by atoms with Crippen LogP contribution < -0.4 is 5.73 Å². The summed E-state index contributed by atoms with van der Waals surface area (Å²) >= 11 is 6.11. The molecular formula is C17H15ClN2O2. The Bertz CT molecular complexity index is 710. The molecule has 2 aromatic rings. The van der Waals surface area contributed by atoms with Crippen LogP contribution >= 0.6 is 11.6 Å². The second kappa shape index (κ2) is 5.91. The van der Waals surface area contributed by atoms with E-state index in [1.54, 1.807) is 30.3 Å². The average Bonchev–Trinajstić information content (AvgIpc) is 2.75. The Balaban J connectivity index is 1.73. The van der Waals surface area contributed by atoms with Gasteiger partial charge in [-0.05, 0) is 30.2 Å². The Morgan fingerprint density at radius 2 is 1.50 bits per heavy atom. The van der Waals surface area contributed by atoms with E-state index in [9.17, 15) is 9.59 Å². The Hall–Kier alpha value is -2.17. The average molecular weight is 315 g/mol. The zero-order valence-corrected chi connectivity index (χ0v) is 12.6. The van der Waals surface area contributed by atoms with Gasteiger partial charge in [-0.1, -0.05) is 41.9 Å². The molecule has 1 atom stereocenters. The van der Waals surface area contributed by atoms with Gasteiger partial charge in [0, 0.05) is 17.6 Å². The zero-order chi connectivity index (χ0) is 15.7. The molecule has 2 N–H and O–H groups in total. The van der Waals surface area contributed by atoms with Gasteiger partial charge in [-0.25, -0.2) is 0 Å². The highest BCUT2D eigenvalue weighted by atomic mass is 35.5. The van der Waals surface area contributed by atoms with Gasteiger partial charge in [-0.15, -0.1) is 0 Å². The van der Waals surface area contributed by atoms with Crippen molar-refractivity contribution in [3.8, 4) is 0 Å². The number of hydrogen-bond acceptors (Lipinski definition) is 3. The SMILES string of the molecule is N[C@@H](Cc1ccccc1Cl)CN1C(=O)c2ccccc2C1=O. The monoisotopic (exact) mass is 314 g/mol. The molecule has 0 radical (unpaired) electrons. The van der Waals surface area contributed by atoms with E-state index in [-0.39, 0.29) is 24.4 Å². The Morgan fingerprint density at radius 3 is 2.09 bits per heavy atom. The van der Waals surface area contributed by atoms with Crippen LogP contribution in [0.3, 0.4) is 0 Å². The zero-order valence-electron chi connectivity index (χ0n) is 11.8. The summed E-state index contributed by atoms with van der Waals surface area (Å²) in [4.78, 5) is 25.8. The largest absolute Gasteiger partial charge is 0.326 e. The molecule has 0 saturated heterocycles. The minimum atomic E-state index is -0.359. The van der Waals surface area contributed by atoms with Crippen LogP contribution in [0.2, 0.25) is 5.02 Å². The molecule has 0 fully saturated rings. The summed E-state index contributed by atoms with van der Waals surface area (Å²) in [6.45, 7) is 0.178. The molecule has 0 aliphatic carbocycles. The van der Waals surface area contributed by atoms with E-state index in [4.69, 9.17) is 17.3 Å². The van der Waals surface area contributed by atoms with Gasteiger partial charge in [0.15, 0.2) is 0 Å². The summed E-state index contributed by atoms with van der Waals surface area (Å²) in [5, 5.41) is 0.639. The maximum Gasteiger partial charge on any atom is 0.261 e. The van der Waals surface area contributed by atoms with Crippen molar-refractivity contribution in [3.05, 3.63) is 70.2 Å². The van der Waals surface area contributed by atoms with E-state index >= 15 is 0 Å². The van der Waals surface area contributed by atoms with Crippen LogP contribution in [0.5, 0.6) is 0 Å². The Morgan fingerprint density at radius 1 is 0.955 bits per heavy atom. The number of hydrogen-bond donors (Lipinski definition) is 1. The molecule has 3 rings (SSSR count). The van der Waals surface area contributed by atoms with Gasteiger partial charge < -0.3 is 5.73 Å². The normalized spacial score (nSPS) is 15.1. The van der Waals surface area contributed by atoms with E-state index in [0.717, 1.165) is 5.56 Å². The molecule has 0 aromatic heterocycles. The summed E-state index contributed by atoms with van der Waals surface area (Å²) < 4.78 is 0. The lowest BCUT2D eigenvalue weighted by molar-refractivity contribution is 0.0644. The van der Waals surface area contributed by atoms with E-state index in [1.807, 2.05) is 18.2 Å². The van der Waals surface area contributed by atoms with Crippen molar-refractivity contribution in [2.24, 2.45) is 5.73 Å². The van der Waals surface area contributed by atoms with Crippen molar-refractivity contribution >= 4 is 23.4 Å². The van der Waals surface area contributed by atoms with Crippen molar-refractivity contribution < 1.29 is 9.59 Å². The molecule has 4 nitrogen and oxygen atoms in total. The lowest BCUT2D eigenvalue weighted by Gasteiger charge is -2.19. The minimum absolute atomic E-state index is 0.178. The first-order chi connectivity index (χ1) is 10.6. The van der Waals surface area contributed by atoms with E-state index in [1.165, 1.54) is 4.90 Å². The maximum absolute atomic E-state index is 12.3. The highest BCUT2D eigenvalue weighted by Crippen LogP contribution is 2.23. The van der Waals surface area contributed by atoms with Crippen molar-refractivity contribution in [1.82, 2.24) is 4.90 Å². The molecule has 22 heavy (non-hydrogen) atoms. The first kappa shape index (κ1) is 14.8. The number of amides is 2. The van der Waals surface area contributed by atoms with Crippen LogP contribution in [-0.4, -0.2) is 29.3 Å². The molecule has 0 bridgehead atoms. The standard InChI is InChI=1S/C17H15ClN2O2/c18-15-8-4-1-5-11(15)9-12(19)10-20-16(21)13-6-2-3-7-14(13)17(20)22/h1-8,12H,9-10,19H2/t12-/m0/s1. The fourth-order valence-electron chi connectivity index (χ4n) is 2.65. The van der Waals surface area contributed by atoms with Gasteiger partial charge in [-0.2, -0.15) is 0 Å². The molecular weight excluding hydrogens is 300 g/mol. The molecule has 0 spiro atoms. The molecule has 0 saturated carbocycles. The van der Waals surface area contributed by atoms with Crippen LogP contribution in [0.1, 0.15) is 26.3 Å². The predicted octanol–water partition coefficient (Wildman–Crippen LogP) is 2.51. The fourth-order valence-corrected chi connectivity index (χ4v) is 2.86. The van der Waals surface area contributed by atoms with Crippen LogP contribution in [0.15, 0.2) is 48.5 Å². The molecule has 1 heterocycles.